The van der Waals surface area contributed by atoms with Crippen LogP contribution in [0.2, 0.25) is 0 Å². The molecule has 3 nitrogen and oxygen atoms in total. The third-order valence-corrected chi connectivity index (χ3v) is 2.49. The third-order valence-electron chi connectivity index (χ3n) is 2.49. The smallest absolute Gasteiger partial charge is 0.133 e. The molecule has 0 saturated carbocycles. The number of carbonyl (C=O) groups excluding carboxylic acids is 1. The SMILES string of the molecule is CC1CCN(CC=O)C1CO. The van der Waals surface area contributed by atoms with E-state index in [1.165, 1.54) is 0 Å². The predicted molar refractivity (Wildman–Crippen MR) is 42.3 cm³/mol. The lowest BCUT2D eigenvalue weighted by molar-refractivity contribution is -0.109. The molecule has 0 spiro atoms. The zero-order chi connectivity index (χ0) is 8.27. The van der Waals surface area contributed by atoms with E-state index in [4.69, 9.17) is 5.11 Å². The van der Waals surface area contributed by atoms with Gasteiger partial charge in [-0.15, -0.1) is 0 Å². The highest BCUT2D eigenvalue weighted by Crippen LogP contribution is 2.22. The number of aliphatic hydroxyl groups is 1. The number of likely N-dealkylation sites (tertiary alicyclic amines) is 1. The number of carbonyl (C=O) groups is 1. The maximum atomic E-state index is 10.2. The molecule has 0 aromatic heterocycles. The number of aliphatic hydroxyl groups excluding tert-OH is 1. The first-order valence-electron chi connectivity index (χ1n) is 4.08. The fourth-order valence-corrected chi connectivity index (χ4v) is 1.71. The molecule has 1 fully saturated rings. The summed E-state index contributed by atoms with van der Waals surface area (Å²) >= 11 is 0. The molecule has 0 aromatic rings. The van der Waals surface area contributed by atoms with Crippen LogP contribution in [-0.4, -0.2) is 42.0 Å². The number of nitrogens with zero attached hydrogens (tertiary/aromatic N) is 1. The molecule has 0 radical (unpaired) electrons. The first-order chi connectivity index (χ1) is 5.29. The van der Waals surface area contributed by atoms with Gasteiger partial charge in [-0.1, -0.05) is 6.92 Å². The molecule has 1 aliphatic rings. The van der Waals surface area contributed by atoms with Crippen LogP contribution in [-0.2, 0) is 4.79 Å². The molecule has 0 bridgehead atoms. The molecule has 2 unspecified atom stereocenters. The first-order valence-corrected chi connectivity index (χ1v) is 4.08. The minimum atomic E-state index is 0.176. The molecule has 1 rings (SSSR count). The van der Waals surface area contributed by atoms with E-state index in [-0.39, 0.29) is 12.6 Å². The maximum Gasteiger partial charge on any atom is 0.133 e. The Kier molecular flexibility index (Phi) is 3.02. The zero-order valence-corrected chi connectivity index (χ0v) is 6.86. The predicted octanol–water partition coefficient (Wildman–Crippen LogP) is -0.112. The van der Waals surface area contributed by atoms with Crippen molar-refractivity contribution in [1.82, 2.24) is 4.90 Å². The molecule has 3 heteroatoms. The van der Waals surface area contributed by atoms with Gasteiger partial charge in [-0.3, -0.25) is 4.90 Å². The fraction of sp³-hybridized carbons (Fsp3) is 0.875. The molecule has 1 saturated heterocycles. The summed E-state index contributed by atoms with van der Waals surface area (Å²) < 4.78 is 0. The van der Waals surface area contributed by atoms with Crippen molar-refractivity contribution in [2.24, 2.45) is 5.92 Å². The van der Waals surface area contributed by atoms with Crippen molar-refractivity contribution in [2.45, 2.75) is 19.4 Å². The van der Waals surface area contributed by atoms with Gasteiger partial charge in [0.15, 0.2) is 0 Å². The number of rotatable bonds is 3. The van der Waals surface area contributed by atoms with E-state index in [2.05, 4.69) is 6.92 Å². The van der Waals surface area contributed by atoms with Gasteiger partial charge in [-0.2, -0.15) is 0 Å². The van der Waals surface area contributed by atoms with Gasteiger partial charge in [0.2, 0.25) is 0 Å². The summed E-state index contributed by atoms with van der Waals surface area (Å²) in [5.74, 6) is 0.528. The van der Waals surface area contributed by atoms with Gasteiger partial charge in [-0.25, -0.2) is 0 Å². The van der Waals surface area contributed by atoms with Crippen LogP contribution in [0.25, 0.3) is 0 Å². The van der Waals surface area contributed by atoms with E-state index in [9.17, 15) is 4.79 Å². The van der Waals surface area contributed by atoms with Crippen molar-refractivity contribution in [2.75, 3.05) is 19.7 Å². The van der Waals surface area contributed by atoms with Gasteiger partial charge in [-0.05, 0) is 18.9 Å². The van der Waals surface area contributed by atoms with E-state index in [0.29, 0.717) is 12.5 Å². The average Bonchev–Trinajstić information content (AvgIpc) is 2.33. The standard InChI is InChI=1S/C8H15NO2/c1-7-2-3-9(4-5-10)8(7)6-11/h5,7-8,11H,2-4,6H2,1H3. The van der Waals surface area contributed by atoms with Crippen LogP contribution in [0.4, 0.5) is 0 Å². The highest BCUT2D eigenvalue weighted by molar-refractivity contribution is 5.52. The molecule has 0 aliphatic carbocycles. The Hall–Kier alpha value is -0.410. The van der Waals surface area contributed by atoms with Crippen molar-refractivity contribution in [3.63, 3.8) is 0 Å². The van der Waals surface area contributed by atoms with Crippen LogP contribution < -0.4 is 0 Å². The summed E-state index contributed by atoms with van der Waals surface area (Å²) in [7, 11) is 0. The van der Waals surface area contributed by atoms with Crippen LogP contribution in [0.1, 0.15) is 13.3 Å². The lowest BCUT2D eigenvalue weighted by Crippen LogP contribution is -2.36. The molecule has 1 heterocycles. The zero-order valence-electron chi connectivity index (χ0n) is 6.86. The van der Waals surface area contributed by atoms with Crippen LogP contribution in [0, 0.1) is 5.92 Å². The van der Waals surface area contributed by atoms with Crippen molar-refractivity contribution in [3.8, 4) is 0 Å². The highest BCUT2D eigenvalue weighted by Gasteiger charge is 2.29. The van der Waals surface area contributed by atoms with Crippen molar-refractivity contribution >= 4 is 6.29 Å². The molecule has 2 atom stereocenters. The Morgan fingerprint density at radius 3 is 3.00 bits per heavy atom. The number of aldehydes is 1. The van der Waals surface area contributed by atoms with Gasteiger partial charge in [0, 0.05) is 6.04 Å². The number of hydrogen-bond donors (Lipinski definition) is 1. The summed E-state index contributed by atoms with van der Waals surface area (Å²) in [4.78, 5) is 12.2. The quantitative estimate of drug-likeness (QED) is 0.581. The lowest BCUT2D eigenvalue weighted by atomic mass is 10.0. The maximum absolute atomic E-state index is 10.2. The van der Waals surface area contributed by atoms with Gasteiger partial charge < -0.3 is 9.90 Å². The Bertz CT molecular complexity index is 138. The molecular weight excluding hydrogens is 142 g/mol. The van der Waals surface area contributed by atoms with Crippen LogP contribution in [0.5, 0.6) is 0 Å². The summed E-state index contributed by atoms with van der Waals surface area (Å²) in [6.07, 6.45) is 2.00. The molecule has 1 N–H and O–H groups in total. The fourth-order valence-electron chi connectivity index (χ4n) is 1.71. The topological polar surface area (TPSA) is 40.5 Å². The third kappa shape index (κ3) is 1.79. The van der Waals surface area contributed by atoms with Gasteiger partial charge in [0.1, 0.15) is 6.29 Å². The highest BCUT2D eigenvalue weighted by atomic mass is 16.3. The van der Waals surface area contributed by atoms with Crippen molar-refractivity contribution in [3.05, 3.63) is 0 Å². The van der Waals surface area contributed by atoms with Crippen molar-refractivity contribution in [1.29, 1.82) is 0 Å². The van der Waals surface area contributed by atoms with Gasteiger partial charge in [0.25, 0.3) is 0 Å². The van der Waals surface area contributed by atoms with E-state index >= 15 is 0 Å². The van der Waals surface area contributed by atoms with Gasteiger partial charge >= 0.3 is 0 Å². The second-order valence-electron chi connectivity index (χ2n) is 3.18. The molecular formula is C8H15NO2. The normalized spacial score (nSPS) is 32.5. The largest absolute Gasteiger partial charge is 0.395 e. The molecule has 64 valence electrons. The van der Waals surface area contributed by atoms with Gasteiger partial charge in [0.05, 0.1) is 13.2 Å². The Morgan fingerprint density at radius 1 is 1.73 bits per heavy atom. The average molecular weight is 157 g/mol. The first kappa shape index (κ1) is 8.68. The summed E-state index contributed by atoms with van der Waals surface area (Å²) in [5.41, 5.74) is 0. The van der Waals surface area contributed by atoms with Crippen LogP contribution >= 0.6 is 0 Å². The van der Waals surface area contributed by atoms with E-state index < -0.39 is 0 Å². The van der Waals surface area contributed by atoms with Crippen LogP contribution in [0.15, 0.2) is 0 Å². The minimum Gasteiger partial charge on any atom is -0.395 e. The summed E-state index contributed by atoms with van der Waals surface area (Å²) in [6.45, 7) is 3.71. The Balaban J connectivity index is 2.46. The minimum absolute atomic E-state index is 0.176. The lowest BCUT2D eigenvalue weighted by Gasteiger charge is -2.22. The molecule has 1 aliphatic heterocycles. The van der Waals surface area contributed by atoms with E-state index in [0.717, 1.165) is 19.3 Å². The second kappa shape index (κ2) is 3.83. The number of hydrogen-bond acceptors (Lipinski definition) is 3. The second-order valence-corrected chi connectivity index (χ2v) is 3.18. The molecule has 0 amide bonds. The Labute approximate surface area is 67.0 Å². The van der Waals surface area contributed by atoms with E-state index in [1.54, 1.807) is 0 Å². The monoisotopic (exact) mass is 157 g/mol. The Morgan fingerprint density at radius 2 is 2.45 bits per heavy atom. The summed E-state index contributed by atoms with van der Waals surface area (Å²) in [6, 6.07) is 0.209. The van der Waals surface area contributed by atoms with E-state index in [1.807, 2.05) is 4.90 Å². The summed E-state index contributed by atoms with van der Waals surface area (Å²) in [5, 5.41) is 8.98. The van der Waals surface area contributed by atoms with Crippen molar-refractivity contribution < 1.29 is 9.90 Å². The molecule has 0 aromatic carbocycles. The molecule has 11 heavy (non-hydrogen) atoms. The van der Waals surface area contributed by atoms with Crippen LogP contribution in [0.3, 0.4) is 0 Å².